The summed E-state index contributed by atoms with van der Waals surface area (Å²) in [6.45, 7) is 2.47. The number of hydrogen-bond acceptors (Lipinski definition) is 3. The molecule has 0 bridgehead atoms. The summed E-state index contributed by atoms with van der Waals surface area (Å²) < 4.78 is 1.04. The minimum absolute atomic E-state index is 0.00822. The fourth-order valence-electron chi connectivity index (χ4n) is 4.85. The lowest BCUT2D eigenvalue weighted by Gasteiger charge is -2.32. The highest BCUT2D eigenvalue weighted by molar-refractivity contribution is 9.10. The highest BCUT2D eigenvalue weighted by Crippen LogP contribution is 2.22. The Balaban J connectivity index is 1.56. The summed E-state index contributed by atoms with van der Waals surface area (Å²) in [7, 11) is 0. The van der Waals surface area contributed by atoms with Gasteiger partial charge in [0.25, 0.3) is 0 Å². The van der Waals surface area contributed by atoms with Crippen LogP contribution in [0.5, 0.6) is 0 Å². The van der Waals surface area contributed by atoms with Crippen LogP contribution < -0.4 is 5.32 Å². The smallest absolute Gasteiger partial charge is 0.243 e. The molecule has 1 atom stereocenters. The summed E-state index contributed by atoms with van der Waals surface area (Å²) in [4.78, 5) is 29.3. The number of amides is 2. The zero-order chi connectivity index (χ0) is 26.0. The number of halogens is 1. The second-order valence-electron chi connectivity index (χ2n) is 9.83. The molecule has 3 aromatic rings. The van der Waals surface area contributed by atoms with Crippen molar-refractivity contribution in [3.8, 4) is 0 Å². The molecule has 0 aromatic heterocycles. The summed E-state index contributed by atoms with van der Waals surface area (Å²) in [6, 6.07) is 26.0. The van der Waals surface area contributed by atoms with Crippen molar-refractivity contribution in [2.45, 2.75) is 63.4 Å². The van der Waals surface area contributed by atoms with Crippen LogP contribution in [0.2, 0.25) is 0 Å². The molecule has 4 nitrogen and oxygen atoms in total. The normalized spacial score (nSPS) is 14.3. The van der Waals surface area contributed by atoms with E-state index in [-0.39, 0.29) is 17.9 Å². The van der Waals surface area contributed by atoms with E-state index in [0.29, 0.717) is 18.7 Å². The maximum Gasteiger partial charge on any atom is 0.243 e. The third-order valence-corrected chi connectivity index (χ3v) is 8.33. The van der Waals surface area contributed by atoms with Gasteiger partial charge in [-0.15, -0.1) is 11.8 Å². The van der Waals surface area contributed by atoms with Gasteiger partial charge in [0.05, 0.1) is 5.75 Å². The minimum atomic E-state index is -0.565. The lowest BCUT2D eigenvalue weighted by Crippen LogP contribution is -2.52. The van der Waals surface area contributed by atoms with Gasteiger partial charge in [0, 0.05) is 29.2 Å². The average molecular weight is 580 g/mol. The molecule has 0 saturated heterocycles. The van der Waals surface area contributed by atoms with Gasteiger partial charge >= 0.3 is 0 Å². The van der Waals surface area contributed by atoms with Gasteiger partial charge in [-0.25, -0.2) is 0 Å². The number of aryl methyl sites for hydroxylation is 1. The van der Waals surface area contributed by atoms with Gasteiger partial charge in [0.15, 0.2) is 0 Å². The maximum atomic E-state index is 13.8. The number of rotatable bonds is 11. The van der Waals surface area contributed by atoms with Crippen LogP contribution in [0, 0.1) is 6.92 Å². The van der Waals surface area contributed by atoms with Crippen LogP contribution in [-0.4, -0.2) is 34.6 Å². The molecule has 1 N–H and O–H groups in total. The molecule has 0 spiro atoms. The molecule has 3 aromatic carbocycles. The Kier molecular flexibility index (Phi) is 10.3. The second kappa shape index (κ2) is 13.8. The first-order chi connectivity index (χ1) is 18.0. The molecule has 2 amide bonds. The number of carbonyl (C=O) groups excluding carboxylic acids is 2. The van der Waals surface area contributed by atoms with Gasteiger partial charge in [0.2, 0.25) is 11.8 Å². The highest BCUT2D eigenvalue weighted by atomic mass is 79.9. The molecule has 6 heteroatoms. The first-order valence-electron chi connectivity index (χ1n) is 13.0. The number of nitrogens with one attached hydrogen (secondary N) is 1. The molecule has 0 unspecified atom stereocenters. The van der Waals surface area contributed by atoms with Gasteiger partial charge < -0.3 is 10.2 Å². The van der Waals surface area contributed by atoms with E-state index in [0.717, 1.165) is 52.6 Å². The van der Waals surface area contributed by atoms with E-state index in [4.69, 9.17) is 0 Å². The van der Waals surface area contributed by atoms with Crippen molar-refractivity contribution in [3.05, 3.63) is 106 Å². The summed E-state index contributed by atoms with van der Waals surface area (Å²) in [5, 5.41) is 3.27. The summed E-state index contributed by atoms with van der Waals surface area (Å²) >= 11 is 5.07. The molecule has 4 rings (SSSR count). The van der Waals surface area contributed by atoms with Gasteiger partial charge in [-0.1, -0.05) is 101 Å². The van der Waals surface area contributed by atoms with Crippen molar-refractivity contribution in [1.82, 2.24) is 10.2 Å². The van der Waals surface area contributed by atoms with E-state index in [2.05, 4.69) is 52.4 Å². The van der Waals surface area contributed by atoms with E-state index in [1.807, 2.05) is 54.6 Å². The Morgan fingerprint density at radius 3 is 2.35 bits per heavy atom. The van der Waals surface area contributed by atoms with Crippen LogP contribution >= 0.6 is 27.7 Å². The topological polar surface area (TPSA) is 49.4 Å². The predicted octanol–water partition coefficient (Wildman–Crippen LogP) is 6.69. The largest absolute Gasteiger partial charge is 0.352 e. The van der Waals surface area contributed by atoms with E-state index >= 15 is 0 Å². The average Bonchev–Trinajstić information content (AvgIpc) is 3.41. The van der Waals surface area contributed by atoms with Gasteiger partial charge in [-0.3, -0.25) is 9.59 Å². The number of thioether (sulfide) groups is 1. The van der Waals surface area contributed by atoms with Crippen LogP contribution in [0.15, 0.2) is 83.3 Å². The Bertz CT molecular complexity index is 1160. The number of benzene rings is 3. The third kappa shape index (κ3) is 8.47. The van der Waals surface area contributed by atoms with E-state index in [1.54, 1.807) is 16.7 Å². The predicted molar refractivity (Wildman–Crippen MR) is 156 cm³/mol. The second-order valence-corrected chi connectivity index (χ2v) is 11.7. The summed E-state index contributed by atoms with van der Waals surface area (Å²) in [6.07, 6.45) is 4.81. The fourth-order valence-corrected chi connectivity index (χ4v) is 5.98. The molecule has 0 radical (unpaired) electrons. The van der Waals surface area contributed by atoms with Gasteiger partial charge in [-0.05, 0) is 48.6 Å². The molecule has 37 heavy (non-hydrogen) atoms. The van der Waals surface area contributed by atoms with Crippen LogP contribution in [0.25, 0.3) is 0 Å². The number of hydrogen-bond donors (Lipinski definition) is 1. The van der Waals surface area contributed by atoms with Crippen molar-refractivity contribution in [2.24, 2.45) is 0 Å². The Labute approximate surface area is 233 Å². The van der Waals surface area contributed by atoms with Crippen molar-refractivity contribution in [2.75, 3.05) is 5.75 Å². The van der Waals surface area contributed by atoms with Crippen molar-refractivity contribution < 1.29 is 9.59 Å². The van der Waals surface area contributed by atoms with Crippen LogP contribution in [-0.2, 0) is 28.3 Å². The first-order valence-corrected chi connectivity index (χ1v) is 14.9. The Morgan fingerprint density at radius 1 is 0.946 bits per heavy atom. The fraction of sp³-hybridized carbons (Fsp3) is 0.355. The summed E-state index contributed by atoms with van der Waals surface area (Å²) in [5.41, 5.74) is 4.41. The number of nitrogens with zero attached hydrogens (tertiary/aromatic N) is 1. The quantitative estimate of drug-likeness (QED) is 0.276. The molecule has 1 aliphatic rings. The van der Waals surface area contributed by atoms with Crippen molar-refractivity contribution in [1.29, 1.82) is 0 Å². The molecule has 194 valence electrons. The molecule has 1 fully saturated rings. The SMILES string of the molecule is Cc1cccc(CN(C(=O)CSCc2ccc(Br)cc2)[C@@H](Cc2ccccc2)C(=O)NC2CCCC2)c1. The van der Waals surface area contributed by atoms with Crippen LogP contribution in [0.3, 0.4) is 0 Å². The monoisotopic (exact) mass is 578 g/mol. The minimum Gasteiger partial charge on any atom is -0.352 e. The van der Waals surface area contributed by atoms with E-state index in [1.165, 1.54) is 5.56 Å². The highest BCUT2D eigenvalue weighted by Gasteiger charge is 2.32. The van der Waals surface area contributed by atoms with Gasteiger partial charge in [-0.2, -0.15) is 0 Å². The molecule has 0 aliphatic heterocycles. The lowest BCUT2D eigenvalue weighted by atomic mass is 10.0. The molecule has 0 heterocycles. The van der Waals surface area contributed by atoms with Crippen LogP contribution in [0.1, 0.15) is 47.9 Å². The van der Waals surface area contributed by atoms with E-state index in [9.17, 15) is 9.59 Å². The molecule has 1 aliphatic carbocycles. The van der Waals surface area contributed by atoms with Crippen molar-refractivity contribution >= 4 is 39.5 Å². The number of carbonyl (C=O) groups is 2. The maximum absolute atomic E-state index is 13.8. The van der Waals surface area contributed by atoms with E-state index < -0.39 is 6.04 Å². The molecular weight excluding hydrogens is 544 g/mol. The first kappa shape index (κ1) is 27.5. The Morgan fingerprint density at radius 2 is 1.65 bits per heavy atom. The molecule has 1 saturated carbocycles. The summed E-state index contributed by atoms with van der Waals surface area (Å²) in [5.74, 6) is 1.01. The lowest BCUT2D eigenvalue weighted by molar-refractivity contribution is -0.139. The zero-order valence-electron chi connectivity index (χ0n) is 21.4. The Hall–Kier alpha value is -2.57. The van der Waals surface area contributed by atoms with Crippen molar-refractivity contribution in [3.63, 3.8) is 0 Å². The van der Waals surface area contributed by atoms with Gasteiger partial charge in [0.1, 0.15) is 6.04 Å². The third-order valence-electron chi connectivity index (χ3n) is 6.82. The molecular formula is C31H35BrN2O2S. The zero-order valence-corrected chi connectivity index (χ0v) is 23.8. The standard InChI is InChI=1S/C31H35BrN2O2S/c1-23-8-7-11-26(18-23)20-34(30(35)22-37-21-25-14-16-27(32)17-15-25)29(19-24-9-3-2-4-10-24)31(36)33-28-12-5-6-13-28/h2-4,7-11,14-18,28-29H,5-6,12-13,19-22H2,1H3,(H,33,36)/t29-/m0/s1. The van der Waals surface area contributed by atoms with Crippen LogP contribution in [0.4, 0.5) is 0 Å².